The zero-order valence-corrected chi connectivity index (χ0v) is 19.2. The van der Waals surface area contributed by atoms with E-state index in [1.807, 2.05) is 31.3 Å². The number of ether oxygens (including phenoxy) is 1. The van der Waals surface area contributed by atoms with Gasteiger partial charge in [0.05, 0.1) is 6.54 Å². The number of pyridine rings is 1. The van der Waals surface area contributed by atoms with Crippen molar-refractivity contribution in [1.29, 1.82) is 0 Å². The van der Waals surface area contributed by atoms with E-state index in [4.69, 9.17) is 9.73 Å². The van der Waals surface area contributed by atoms with Crippen LogP contribution in [0.25, 0.3) is 0 Å². The van der Waals surface area contributed by atoms with Gasteiger partial charge in [0.1, 0.15) is 11.6 Å². The van der Waals surface area contributed by atoms with E-state index < -0.39 is 0 Å². The molecule has 1 aliphatic heterocycles. The van der Waals surface area contributed by atoms with E-state index in [2.05, 4.69) is 38.4 Å². The van der Waals surface area contributed by atoms with E-state index >= 15 is 0 Å². The highest BCUT2D eigenvalue weighted by Gasteiger charge is 2.18. The number of halogens is 1. The first-order valence-electron chi connectivity index (χ1n) is 11.5. The average Bonchev–Trinajstić information content (AvgIpc) is 2.83. The van der Waals surface area contributed by atoms with Gasteiger partial charge in [-0.3, -0.25) is 0 Å². The highest BCUT2D eigenvalue weighted by atomic mass is 19.1. The number of aromatic nitrogens is 1. The number of benzene rings is 1. The molecule has 0 spiro atoms. The summed E-state index contributed by atoms with van der Waals surface area (Å²) in [7, 11) is 0. The van der Waals surface area contributed by atoms with Gasteiger partial charge in [-0.25, -0.2) is 14.4 Å². The number of nitrogens with zero attached hydrogens (tertiary/aromatic N) is 4. The molecule has 2 heterocycles. The minimum atomic E-state index is -0.200. The van der Waals surface area contributed by atoms with Crippen LogP contribution < -0.4 is 20.4 Å². The Morgan fingerprint density at radius 2 is 1.81 bits per heavy atom. The molecule has 2 aromatic rings. The molecule has 0 bridgehead atoms. The van der Waals surface area contributed by atoms with Crippen LogP contribution in [0.3, 0.4) is 0 Å². The average molecular weight is 443 g/mol. The Hall–Kier alpha value is -2.87. The topological polar surface area (TPSA) is 65.0 Å². The van der Waals surface area contributed by atoms with Gasteiger partial charge in [-0.05, 0) is 62.2 Å². The van der Waals surface area contributed by atoms with Gasteiger partial charge < -0.3 is 25.2 Å². The second-order valence-electron chi connectivity index (χ2n) is 7.65. The van der Waals surface area contributed by atoms with Crippen LogP contribution in [-0.4, -0.2) is 63.4 Å². The van der Waals surface area contributed by atoms with Crippen LogP contribution in [0.5, 0.6) is 0 Å². The zero-order chi connectivity index (χ0) is 22.6. The lowest BCUT2D eigenvalue weighted by Crippen LogP contribution is -2.46. The molecule has 32 heavy (non-hydrogen) atoms. The zero-order valence-electron chi connectivity index (χ0n) is 19.2. The van der Waals surface area contributed by atoms with Gasteiger partial charge in [0.15, 0.2) is 5.96 Å². The van der Waals surface area contributed by atoms with Crippen molar-refractivity contribution < 1.29 is 9.13 Å². The molecule has 2 N–H and O–H groups in total. The van der Waals surface area contributed by atoms with Crippen molar-refractivity contribution in [1.82, 2.24) is 15.6 Å². The van der Waals surface area contributed by atoms with Gasteiger partial charge in [0, 0.05) is 64.4 Å². The summed E-state index contributed by atoms with van der Waals surface area (Å²) >= 11 is 0. The quantitative estimate of drug-likeness (QED) is 0.335. The standard InChI is InChI=1S/C24H35FN6O/c1-3-26-24(28-11-5-17-32-4-2)29-19-20-10-12-27-23(18-20)31-15-13-30(14-16-31)22-8-6-21(25)7-9-22/h6-10,12,18H,3-5,11,13-17,19H2,1-2H3,(H2,26,28,29). The van der Waals surface area contributed by atoms with Crippen LogP contribution in [0.15, 0.2) is 47.6 Å². The molecular formula is C24H35FN6O. The van der Waals surface area contributed by atoms with Gasteiger partial charge in [-0.2, -0.15) is 0 Å². The first-order chi connectivity index (χ1) is 15.7. The first-order valence-corrected chi connectivity index (χ1v) is 11.5. The molecule has 0 unspecified atom stereocenters. The molecule has 174 valence electrons. The van der Waals surface area contributed by atoms with Crippen LogP contribution in [0.1, 0.15) is 25.8 Å². The van der Waals surface area contributed by atoms with E-state index in [1.54, 1.807) is 0 Å². The number of rotatable bonds is 10. The normalized spacial score (nSPS) is 14.5. The summed E-state index contributed by atoms with van der Waals surface area (Å²) in [5, 5.41) is 6.64. The van der Waals surface area contributed by atoms with Crippen molar-refractivity contribution in [2.75, 3.05) is 62.3 Å². The van der Waals surface area contributed by atoms with Crippen molar-refractivity contribution in [3.05, 3.63) is 54.0 Å². The number of hydrogen-bond acceptors (Lipinski definition) is 5. The van der Waals surface area contributed by atoms with Crippen molar-refractivity contribution >= 4 is 17.5 Å². The lowest BCUT2D eigenvalue weighted by Gasteiger charge is -2.36. The molecule has 0 radical (unpaired) electrons. The summed E-state index contributed by atoms with van der Waals surface area (Å²) in [6, 6.07) is 10.9. The van der Waals surface area contributed by atoms with Crippen LogP contribution in [0, 0.1) is 5.82 Å². The maximum Gasteiger partial charge on any atom is 0.191 e. The molecule has 3 rings (SSSR count). The van der Waals surface area contributed by atoms with E-state index in [1.165, 1.54) is 12.1 Å². The third kappa shape index (κ3) is 7.37. The molecule has 1 aromatic carbocycles. The predicted molar refractivity (Wildman–Crippen MR) is 129 cm³/mol. The van der Waals surface area contributed by atoms with Crippen LogP contribution in [-0.2, 0) is 11.3 Å². The van der Waals surface area contributed by atoms with E-state index in [9.17, 15) is 4.39 Å². The summed E-state index contributed by atoms with van der Waals surface area (Å²) in [6.45, 7) is 11.3. The SMILES string of the molecule is CCNC(=NCc1ccnc(N2CCN(c3ccc(F)cc3)CC2)c1)NCCCOCC. The molecule has 0 saturated carbocycles. The molecule has 1 aliphatic rings. The van der Waals surface area contributed by atoms with Crippen LogP contribution in [0.4, 0.5) is 15.9 Å². The molecule has 1 fully saturated rings. The second-order valence-corrected chi connectivity index (χ2v) is 7.65. The van der Waals surface area contributed by atoms with E-state index in [0.29, 0.717) is 6.54 Å². The van der Waals surface area contributed by atoms with Crippen LogP contribution >= 0.6 is 0 Å². The summed E-state index contributed by atoms with van der Waals surface area (Å²) in [5.74, 6) is 1.59. The Morgan fingerprint density at radius 1 is 1.06 bits per heavy atom. The highest BCUT2D eigenvalue weighted by Crippen LogP contribution is 2.20. The van der Waals surface area contributed by atoms with E-state index in [-0.39, 0.29) is 5.82 Å². The minimum absolute atomic E-state index is 0.200. The number of piperazine rings is 1. The summed E-state index contributed by atoms with van der Waals surface area (Å²) in [5.41, 5.74) is 2.19. The fourth-order valence-corrected chi connectivity index (χ4v) is 3.61. The molecule has 0 aliphatic carbocycles. The number of guanidine groups is 1. The Kier molecular flexibility index (Phi) is 9.56. The van der Waals surface area contributed by atoms with Crippen molar-refractivity contribution in [2.24, 2.45) is 4.99 Å². The Balaban J connectivity index is 1.53. The van der Waals surface area contributed by atoms with Gasteiger partial charge in [-0.1, -0.05) is 0 Å². The Bertz CT molecular complexity index is 837. The Morgan fingerprint density at radius 3 is 2.53 bits per heavy atom. The van der Waals surface area contributed by atoms with Gasteiger partial charge >= 0.3 is 0 Å². The number of hydrogen-bond donors (Lipinski definition) is 2. The number of aliphatic imine (C=N–C) groups is 1. The molecule has 0 amide bonds. The molecule has 0 atom stereocenters. The van der Waals surface area contributed by atoms with Gasteiger partial charge in [-0.15, -0.1) is 0 Å². The molecular weight excluding hydrogens is 407 g/mol. The van der Waals surface area contributed by atoms with Crippen molar-refractivity contribution in [3.63, 3.8) is 0 Å². The lowest BCUT2D eigenvalue weighted by atomic mass is 10.2. The van der Waals surface area contributed by atoms with Gasteiger partial charge in [0.2, 0.25) is 0 Å². The fourth-order valence-electron chi connectivity index (χ4n) is 3.61. The number of nitrogens with one attached hydrogen (secondary N) is 2. The highest BCUT2D eigenvalue weighted by molar-refractivity contribution is 5.79. The van der Waals surface area contributed by atoms with Gasteiger partial charge in [0.25, 0.3) is 0 Å². The monoisotopic (exact) mass is 442 g/mol. The molecule has 7 nitrogen and oxygen atoms in total. The summed E-state index contributed by atoms with van der Waals surface area (Å²) in [6.07, 6.45) is 2.80. The minimum Gasteiger partial charge on any atom is -0.382 e. The number of anilines is 2. The largest absolute Gasteiger partial charge is 0.382 e. The third-order valence-electron chi connectivity index (χ3n) is 5.33. The molecule has 8 heteroatoms. The Labute approximate surface area is 190 Å². The maximum atomic E-state index is 13.2. The van der Waals surface area contributed by atoms with E-state index in [0.717, 1.165) is 81.9 Å². The first kappa shape index (κ1) is 23.8. The third-order valence-corrected chi connectivity index (χ3v) is 5.33. The summed E-state index contributed by atoms with van der Waals surface area (Å²) in [4.78, 5) is 13.9. The fraction of sp³-hybridized carbons (Fsp3) is 0.500. The predicted octanol–water partition coefficient (Wildman–Crippen LogP) is 3.03. The van der Waals surface area contributed by atoms with Crippen molar-refractivity contribution in [2.45, 2.75) is 26.8 Å². The molecule has 1 saturated heterocycles. The maximum absolute atomic E-state index is 13.2. The second kappa shape index (κ2) is 12.9. The summed E-state index contributed by atoms with van der Waals surface area (Å²) < 4.78 is 18.6. The molecule has 1 aromatic heterocycles. The smallest absolute Gasteiger partial charge is 0.191 e. The van der Waals surface area contributed by atoms with Crippen LogP contribution in [0.2, 0.25) is 0 Å². The van der Waals surface area contributed by atoms with Crippen molar-refractivity contribution in [3.8, 4) is 0 Å². The lowest BCUT2D eigenvalue weighted by molar-refractivity contribution is 0.145.